The minimum Gasteiger partial charge on any atom is -0.323 e. The van der Waals surface area contributed by atoms with Crippen molar-refractivity contribution in [3.8, 4) is 0 Å². The predicted molar refractivity (Wildman–Crippen MR) is 171 cm³/mol. The van der Waals surface area contributed by atoms with Crippen LogP contribution in [0.3, 0.4) is 0 Å². The lowest BCUT2D eigenvalue weighted by Gasteiger charge is -2.25. The van der Waals surface area contributed by atoms with Crippen molar-refractivity contribution >= 4 is 61.3 Å². The lowest BCUT2D eigenvalue weighted by Crippen LogP contribution is -2.21. The summed E-state index contributed by atoms with van der Waals surface area (Å²) in [5.74, 6) is 0.503. The average molecular weight is 613 g/mol. The number of hydrogen-bond acceptors (Lipinski definition) is 6. The van der Waals surface area contributed by atoms with E-state index in [4.69, 9.17) is 24.4 Å². The Morgan fingerprint density at radius 1 is 0.692 bits per heavy atom. The number of carbonyl (C=O) groups is 2. The summed E-state index contributed by atoms with van der Waals surface area (Å²) < 4.78 is 9.79. The molecule has 0 amide bonds. The van der Waals surface area contributed by atoms with E-state index in [0.717, 1.165) is 71.5 Å². The Labute approximate surface area is 256 Å². The van der Waals surface area contributed by atoms with Gasteiger partial charge in [0.2, 0.25) is 0 Å². The minimum atomic E-state index is 0.0133. The topological polar surface area (TPSA) is 53.9 Å². The third-order valence-corrected chi connectivity index (χ3v) is 9.06. The van der Waals surface area contributed by atoms with Crippen LogP contribution in [0.2, 0.25) is 0 Å². The summed E-state index contributed by atoms with van der Waals surface area (Å²) in [5, 5.41) is 1.75. The molecule has 2 heterocycles. The zero-order chi connectivity index (χ0) is 29.4. The normalized spacial score (nSPS) is 12.3. The number of carbonyl (C=O) groups excluding carboxylic acids is 2. The first-order valence-corrected chi connectivity index (χ1v) is 15.9. The van der Waals surface area contributed by atoms with E-state index < -0.39 is 0 Å². The molecule has 10 heteroatoms. The summed E-state index contributed by atoms with van der Waals surface area (Å²) >= 11 is 20.3. The lowest BCUT2D eigenvalue weighted by atomic mass is 9.86. The molecule has 0 atom stereocenters. The van der Waals surface area contributed by atoms with Crippen LogP contribution < -0.4 is 0 Å². The van der Waals surface area contributed by atoms with Gasteiger partial charge in [0, 0.05) is 64.3 Å². The van der Waals surface area contributed by atoms with Crippen molar-refractivity contribution in [3.63, 3.8) is 0 Å². The molecule has 0 aromatic carbocycles. The fraction of sp³-hybridized carbons (Fsp3) is 0.724. The first kappa shape index (κ1) is 34.1. The molecule has 2 aromatic rings. The van der Waals surface area contributed by atoms with Gasteiger partial charge in [0.05, 0.1) is 10.1 Å². The fourth-order valence-electron chi connectivity index (χ4n) is 5.06. The lowest BCUT2D eigenvalue weighted by molar-refractivity contribution is -0.120. The molecule has 6 nitrogen and oxygen atoms in total. The summed E-state index contributed by atoms with van der Waals surface area (Å²) in [6, 6.07) is 0. The van der Waals surface area contributed by atoms with Gasteiger partial charge >= 0.3 is 0 Å². The monoisotopic (exact) mass is 612 g/mol. The summed E-state index contributed by atoms with van der Waals surface area (Å²) in [7, 11) is 0. The maximum Gasteiger partial charge on any atom is 0.180 e. The first-order chi connectivity index (χ1) is 18.2. The van der Waals surface area contributed by atoms with Crippen LogP contribution in [0.4, 0.5) is 0 Å². The molecule has 0 fully saturated rings. The smallest absolute Gasteiger partial charge is 0.180 e. The zero-order valence-corrected chi connectivity index (χ0v) is 28.1. The second-order valence-corrected chi connectivity index (χ2v) is 13.9. The first-order valence-electron chi connectivity index (χ1n) is 14.2. The van der Waals surface area contributed by atoms with Crippen LogP contribution >= 0.6 is 49.7 Å². The van der Waals surface area contributed by atoms with Gasteiger partial charge < -0.3 is 18.3 Å². The Kier molecular flexibility index (Phi) is 13.3. The maximum absolute atomic E-state index is 12.4. The number of nitrogens with zero attached hydrogens (tertiary/aromatic N) is 4. The molecule has 0 aliphatic rings. The number of ketones is 2. The number of aromatic nitrogens is 4. The van der Waals surface area contributed by atoms with Gasteiger partial charge in [0.25, 0.3) is 0 Å². The Morgan fingerprint density at radius 2 is 1.03 bits per heavy atom. The number of hydrogen-bond donors (Lipinski definition) is 2. The molecule has 0 unspecified atom stereocenters. The molecule has 0 aliphatic carbocycles. The van der Waals surface area contributed by atoms with Crippen molar-refractivity contribution < 1.29 is 9.59 Å². The zero-order valence-electron chi connectivity index (χ0n) is 24.7. The molecule has 39 heavy (non-hydrogen) atoms. The minimum absolute atomic E-state index is 0.0133. The molecular formula is C29H48N4O2S4. The van der Waals surface area contributed by atoms with E-state index in [1.807, 2.05) is 21.5 Å². The van der Waals surface area contributed by atoms with Crippen molar-refractivity contribution in [2.75, 3.05) is 0 Å². The molecule has 2 rings (SSSR count). The van der Waals surface area contributed by atoms with Crippen molar-refractivity contribution in [1.29, 1.82) is 0 Å². The van der Waals surface area contributed by atoms with Gasteiger partial charge in [-0.1, -0.05) is 27.7 Å². The van der Waals surface area contributed by atoms with Gasteiger partial charge in [-0.15, -0.1) is 25.3 Å². The van der Waals surface area contributed by atoms with Crippen molar-refractivity contribution in [3.05, 3.63) is 21.9 Å². The van der Waals surface area contributed by atoms with Crippen LogP contribution in [0.15, 0.2) is 22.4 Å². The predicted octanol–water partition coefficient (Wildman–Crippen LogP) is 8.37. The maximum atomic E-state index is 12.4. The SMILES string of the molecule is CCn1cc(S)n(CC(C)(C)CCCC(=O)CCCC(=O)CCCC(C)(C)Cn2c(S)cn(CC)c2=S)c1=S. The molecule has 0 aliphatic heterocycles. The van der Waals surface area contributed by atoms with E-state index in [-0.39, 0.29) is 22.4 Å². The highest BCUT2D eigenvalue weighted by molar-refractivity contribution is 7.80. The van der Waals surface area contributed by atoms with Gasteiger partial charge in [-0.25, -0.2) is 0 Å². The Morgan fingerprint density at radius 3 is 1.33 bits per heavy atom. The van der Waals surface area contributed by atoms with E-state index in [1.54, 1.807) is 0 Å². The highest BCUT2D eigenvalue weighted by atomic mass is 32.1. The van der Waals surface area contributed by atoms with E-state index in [1.165, 1.54) is 0 Å². The molecule has 220 valence electrons. The van der Waals surface area contributed by atoms with Crippen LogP contribution in [0, 0.1) is 20.4 Å². The van der Waals surface area contributed by atoms with Crippen LogP contribution in [-0.2, 0) is 35.8 Å². The molecule has 0 saturated carbocycles. The fourth-order valence-corrected chi connectivity index (χ4v) is 6.49. The van der Waals surface area contributed by atoms with E-state index in [2.05, 4.69) is 75.9 Å². The summed E-state index contributed by atoms with van der Waals surface area (Å²) in [4.78, 5) is 24.9. The van der Waals surface area contributed by atoms with Gasteiger partial charge in [0.1, 0.15) is 11.6 Å². The third kappa shape index (κ3) is 10.7. The molecule has 0 radical (unpaired) electrons. The molecular weight excluding hydrogens is 565 g/mol. The highest BCUT2D eigenvalue weighted by Gasteiger charge is 2.22. The molecule has 0 spiro atoms. The van der Waals surface area contributed by atoms with Gasteiger partial charge in [-0.3, -0.25) is 9.59 Å². The second-order valence-electron chi connectivity index (χ2n) is 12.3. The average Bonchev–Trinajstić information content (AvgIpc) is 3.27. The quantitative estimate of drug-likeness (QED) is 0.131. The number of Topliss-reactive ketones (excluding diaryl/α,β-unsaturated/α-hetero) is 2. The number of aryl methyl sites for hydroxylation is 2. The largest absolute Gasteiger partial charge is 0.323 e. The van der Waals surface area contributed by atoms with Crippen molar-refractivity contribution in [2.24, 2.45) is 10.8 Å². The van der Waals surface area contributed by atoms with Crippen LogP contribution in [0.1, 0.15) is 99.3 Å². The second kappa shape index (κ2) is 15.2. The van der Waals surface area contributed by atoms with E-state index >= 15 is 0 Å². The van der Waals surface area contributed by atoms with E-state index in [9.17, 15) is 9.59 Å². The van der Waals surface area contributed by atoms with E-state index in [0.29, 0.717) is 32.1 Å². The number of rotatable bonds is 18. The third-order valence-electron chi connectivity index (χ3n) is 7.43. The highest BCUT2D eigenvalue weighted by Crippen LogP contribution is 2.29. The molecule has 2 aromatic heterocycles. The van der Waals surface area contributed by atoms with Gasteiger partial charge in [-0.05, 0) is 81.2 Å². The summed E-state index contributed by atoms with van der Waals surface area (Å²) in [6.45, 7) is 16.2. The van der Waals surface area contributed by atoms with Crippen molar-refractivity contribution in [1.82, 2.24) is 18.3 Å². The number of thiol groups is 2. The molecule has 0 bridgehead atoms. The van der Waals surface area contributed by atoms with Gasteiger partial charge in [-0.2, -0.15) is 0 Å². The van der Waals surface area contributed by atoms with Crippen LogP contribution in [-0.4, -0.2) is 29.8 Å². The summed E-state index contributed by atoms with van der Waals surface area (Å²) in [5.41, 5.74) is 0.0267. The molecule has 0 N–H and O–H groups in total. The van der Waals surface area contributed by atoms with Gasteiger partial charge in [0.15, 0.2) is 9.54 Å². The van der Waals surface area contributed by atoms with Crippen LogP contribution in [0.25, 0.3) is 0 Å². The van der Waals surface area contributed by atoms with Crippen LogP contribution in [0.5, 0.6) is 0 Å². The summed E-state index contributed by atoms with van der Waals surface area (Å²) in [6.07, 6.45) is 10.3. The molecule has 0 saturated heterocycles. The number of imidazole rings is 2. The Balaban J connectivity index is 1.66. The van der Waals surface area contributed by atoms with Crippen molar-refractivity contribution in [2.45, 2.75) is 136 Å². The Hall–Kier alpha value is -1.10. The standard InChI is InChI=1S/C29H48N4O2S4/c1-7-30-18-24(36)32(26(30)38)20-28(3,4)16-10-14-22(34)12-9-13-23(35)15-11-17-29(5,6)21-33-25(37)19-31(8-2)27(33)39/h18-19,36-37H,7-17,20-21H2,1-6H3. The Bertz CT molecular complexity index is 1140.